The summed E-state index contributed by atoms with van der Waals surface area (Å²) in [5, 5.41) is -1.38. The summed E-state index contributed by atoms with van der Waals surface area (Å²) in [6.07, 6.45) is 1.72. The van der Waals surface area contributed by atoms with Crippen LogP contribution >= 0.6 is 0 Å². The quantitative estimate of drug-likeness (QED) is 0.812. The molecule has 3 rings (SSSR count). The number of carbonyl (C=O) groups excluding carboxylic acids is 1. The highest BCUT2D eigenvalue weighted by molar-refractivity contribution is 7.92. The molecule has 2 N–H and O–H groups in total. The topological polar surface area (TPSA) is 96.6 Å². The van der Waals surface area contributed by atoms with Gasteiger partial charge < -0.3 is 10.6 Å². The van der Waals surface area contributed by atoms with Crippen LogP contribution in [0.15, 0.2) is 41.4 Å². The number of rotatable bonds is 5. The minimum absolute atomic E-state index is 0.203. The molecular formula is C20H26N4O3S. The van der Waals surface area contributed by atoms with E-state index in [1.54, 1.807) is 24.9 Å². The van der Waals surface area contributed by atoms with Gasteiger partial charge in [-0.15, -0.1) is 0 Å². The molecule has 0 saturated carbocycles. The average molecular weight is 403 g/mol. The smallest absolute Gasteiger partial charge is 0.250 e. The van der Waals surface area contributed by atoms with Gasteiger partial charge in [-0.3, -0.25) is 9.69 Å². The molecule has 1 aliphatic rings. The molecule has 0 radical (unpaired) electrons. The lowest BCUT2D eigenvalue weighted by molar-refractivity contribution is -0.120. The second kappa shape index (κ2) is 7.89. The number of sulfone groups is 1. The summed E-state index contributed by atoms with van der Waals surface area (Å²) in [6, 6.07) is 9.31. The van der Waals surface area contributed by atoms with E-state index in [9.17, 15) is 13.2 Å². The monoisotopic (exact) mass is 402 g/mol. The SMILES string of the molecule is Cc1cc(C)c(S(=O)(=O)C(C(N)=O)N2CCN(c3ccccn3)CC2)c(C)c1. The minimum atomic E-state index is -3.94. The summed E-state index contributed by atoms with van der Waals surface area (Å²) < 4.78 is 26.8. The molecule has 1 aliphatic heterocycles. The van der Waals surface area contributed by atoms with Crippen molar-refractivity contribution in [1.82, 2.24) is 9.88 Å². The number of hydrogen-bond acceptors (Lipinski definition) is 6. The van der Waals surface area contributed by atoms with Gasteiger partial charge in [0.1, 0.15) is 5.82 Å². The van der Waals surface area contributed by atoms with Crippen LogP contribution in [0, 0.1) is 20.8 Å². The molecule has 1 amide bonds. The summed E-state index contributed by atoms with van der Waals surface area (Å²) in [4.78, 5) is 20.5. The number of carbonyl (C=O) groups is 1. The van der Waals surface area contributed by atoms with Gasteiger partial charge in [-0.25, -0.2) is 13.4 Å². The summed E-state index contributed by atoms with van der Waals surface area (Å²) in [5.41, 5.74) is 7.83. The van der Waals surface area contributed by atoms with Crippen LogP contribution in [0.2, 0.25) is 0 Å². The fourth-order valence-electron chi connectivity index (χ4n) is 3.98. The average Bonchev–Trinajstić information content (AvgIpc) is 2.61. The number of piperazine rings is 1. The first-order valence-corrected chi connectivity index (χ1v) is 10.8. The Morgan fingerprint density at radius 2 is 1.68 bits per heavy atom. The lowest BCUT2D eigenvalue weighted by Gasteiger charge is -2.38. The first-order chi connectivity index (χ1) is 13.2. The highest BCUT2D eigenvalue weighted by Gasteiger charge is 2.40. The maximum atomic E-state index is 13.4. The Hall–Kier alpha value is -2.45. The Bertz CT molecular complexity index is 945. The van der Waals surface area contributed by atoms with Gasteiger partial charge in [0.05, 0.1) is 4.90 Å². The van der Waals surface area contributed by atoms with E-state index in [4.69, 9.17) is 5.73 Å². The number of hydrogen-bond donors (Lipinski definition) is 1. The Balaban J connectivity index is 1.88. The molecule has 0 bridgehead atoms. The summed E-state index contributed by atoms with van der Waals surface area (Å²) >= 11 is 0. The maximum Gasteiger partial charge on any atom is 0.250 e. The molecule has 28 heavy (non-hydrogen) atoms. The second-order valence-electron chi connectivity index (χ2n) is 7.24. The highest BCUT2D eigenvalue weighted by Crippen LogP contribution is 2.28. The van der Waals surface area contributed by atoms with E-state index in [2.05, 4.69) is 9.88 Å². The number of anilines is 1. The van der Waals surface area contributed by atoms with E-state index in [0.29, 0.717) is 37.3 Å². The maximum absolute atomic E-state index is 13.4. The standard InChI is InChI=1S/C20H26N4O3S/c1-14-12-15(2)18(16(3)13-14)28(26,27)20(19(21)25)24-10-8-23(9-11-24)17-6-4-5-7-22-17/h4-7,12-13,20H,8-11H2,1-3H3,(H2,21,25). The lowest BCUT2D eigenvalue weighted by atomic mass is 10.1. The molecule has 1 fully saturated rings. The van der Waals surface area contributed by atoms with Crippen molar-refractivity contribution in [3.05, 3.63) is 53.2 Å². The Kier molecular flexibility index (Phi) is 5.71. The predicted molar refractivity (Wildman–Crippen MR) is 109 cm³/mol. The van der Waals surface area contributed by atoms with Crippen LogP contribution in [0.4, 0.5) is 5.82 Å². The molecule has 150 valence electrons. The molecule has 7 nitrogen and oxygen atoms in total. The van der Waals surface area contributed by atoms with Crippen molar-refractivity contribution in [2.75, 3.05) is 31.1 Å². The van der Waals surface area contributed by atoms with Crippen molar-refractivity contribution in [3.8, 4) is 0 Å². The molecule has 1 aromatic heterocycles. The Morgan fingerprint density at radius 3 is 2.18 bits per heavy atom. The largest absolute Gasteiger partial charge is 0.367 e. The van der Waals surface area contributed by atoms with E-state index in [1.165, 1.54) is 0 Å². The molecule has 2 heterocycles. The zero-order valence-electron chi connectivity index (χ0n) is 16.4. The summed E-state index contributed by atoms with van der Waals surface area (Å²) in [6.45, 7) is 7.39. The number of amides is 1. The Labute approximate surface area is 166 Å². The van der Waals surface area contributed by atoms with Gasteiger partial charge in [0.15, 0.2) is 5.37 Å². The van der Waals surface area contributed by atoms with Crippen LogP contribution in [0.3, 0.4) is 0 Å². The zero-order chi connectivity index (χ0) is 20.5. The summed E-state index contributed by atoms with van der Waals surface area (Å²) in [7, 11) is -3.94. The van der Waals surface area contributed by atoms with E-state index in [1.807, 2.05) is 37.3 Å². The fourth-order valence-corrected chi connectivity index (χ4v) is 6.13. The van der Waals surface area contributed by atoms with Crippen LogP contribution in [0.5, 0.6) is 0 Å². The van der Waals surface area contributed by atoms with Crippen molar-refractivity contribution in [1.29, 1.82) is 0 Å². The molecule has 0 spiro atoms. The highest BCUT2D eigenvalue weighted by atomic mass is 32.2. The van der Waals surface area contributed by atoms with Gasteiger partial charge in [-0.2, -0.15) is 0 Å². The van der Waals surface area contributed by atoms with Crippen molar-refractivity contribution in [3.63, 3.8) is 0 Å². The van der Waals surface area contributed by atoms with E-state index in [0.717, 1.165) is 11.4 Å². The van der Waals surface area contributed by atoms with Crippen molar-refractivity contribution in [2.45, 2.75) is 31.0 Å². The minimum Gasteiger partial charge on any atom is -0.367 e. The predicted octanol–water partition coefficient (Wildman–Crippen LogP) is 1.41. The van der Waals surface area contributed by atoms with Crippen molar-refractivity contribution in [2.24, 2.45) is 5.73 Å². The second-order valence-corrected chi connectivity index (χ2v) is 9.18. The number of nitrogens with two attached hydrogens (primary N) is 1. The van der Waals surface area contributed by atoms with Gasteiger partial charge >= 0.3 is 0 Å². The van der Waals surface area contributed by atoms with E-state index >= 15 is 0 Å². The molecule has 1 unspecified atom stereocenters. The molecule has 8 heteroatoms. The number of aryl methyl sites for hydroxylation is 3. The van der Waals surface area contributed by atoms with Gasteiger partial charge in [-0.1, -0.05) is 23.8 Å². The van der Waals surface area contributed by atoms with Crippen molar-refractivity contribution >= 4 is 21.6 Å². The third-order valence-electron chi connectivity index (χ3n) is 5.05. The normalized spacial score (nSPS) is 16.8. The number of primary amides is 1. The molecule has 1 atom stereocenters. The lowest BCUT2D eigenvalue weighted by Crippen LogP contribution is -2.57. The molecular weight excluding hydrogens is 376 g/mol. The number of aromatic nitrogens is 1. The van der Waals surface area contributed by atoms with Crippen LogP contribution in [-0.2, 0) is 14.6 Å². The van der Waals surface area contributed by atoms with Crippen LogP contribution < -0.4 is 10.6 Å². The first-order valence-electron chi connectivity index (χ1n) is 9.23. The molecule has 1 aromatic carbocycles. The first kappa shape index (κ1) is 20.3. The number of benzene rings is 1. The molecule has 0 aliphatic carbocycles. The third-order valence-corrected chi connectivity index (χ3v) is 7.38. The van der Waals surface area contributed by atoms with E-state index < -0.39 is 21.1 Å². The zero-order valence-corrected chi connectivity index (χ0v) is 17.2. The number of pyridine rings is 1. The van der Waals surface area contributed by atoms with Gasteiger partial charge in [0, 0.05) is 32.4 Å². The summed E-state index contributed by atoms with van der Waals surface area (Å²) in [5.74, 6) is -0.00323. The molecule has 1 saturated heterocycles. The van der Waals surface area contributed by atoms with Crippen LogP contribution in [0.25, 0.3) is 0 Å². The van der Waals surface area contributed by atoms with E-state index in [-0.39, 0.29) is 4.90 Å². The third kappa shape index (κ3) is 3.88. The van der Waals surface area contributed by atoms with Crippen LogP contribution in [0.1, 0.15) is 16.7 Å². The van der Waals surface area contributed by atoms with Crippen molar-refractivity contribution < 1.29 is 13.2 Å². The molecule has 2 aromatic rings. The van der Waals surface area contributed by atoms with Gasteiger partial charge in [0.2, 0.25) is 9.84 Å². The fraction of sp³-hybridized carbons (Fsp3) is 0.400. The van der Waals surface area contributed by atoms with Gasteiger partial charge in [-0.05, 0) is 44.0 Å². The number of nitrogens with zero attached hydrogens (tertiary/aromatic N) is 3. The van der Waals surface area contributed by atoms with Gasteiger partial charge in [0.25, 0.3) is 5.91 Å². The van der Waals surface area contributed by atoms with Crippen LogP contribution in [-0.4, -0.2) is 55.8 Å². The Morgan fingerprint density at radius 1 is 1.07 bits per heavy atom.